The molecule has 0 aliphatic heterocycles. The maximum absolute atomic E-state index is 13.1. The van der Waals surface area contributed by atoms with Gasteiger partial charge in [0.05, 0.1) is 23.5 Å². The third kappa shape index (κ3) is 5.42. The highest BCUT2D eigenvalue weighted by Gasteiger charge is 2.27. The molecule has 7 nitrogen and oxygen atoms in total. The number of aromatic nitrogens is 2. The van der Waals surface area contributed by atoms with Gasteiger partial charge in [-0.2, -0.15) is 5.10 Å². The number of benzene rings is 2. The molecule has 3 aromatic rings. The molecule has 2 aromatic carbocycles. The normalized spacial score (nSPS) is 15.1. The zero-order valence-electron chi connectivity index (χ0n) is 19.5. The van der Waals surface area contributed by atoms with Gasteiger partial charge in [0.1, 0.15) is 5.60 Å². The van der Waals surface area contributed by atoms with Crippen LogP contribution in [0.1, 0.15) is 66.0 Å². The first-order chi connectivity index (χ1) is 15.7. The van der Waals surface area contributed by atoms with Gasteiger partial charge in [-0.25, -0.2) is 4.79 Å². The molecule has 172 valence electrons. The van der Waals surface area contributed by atoms with Crippen molar-refractivity contribution in [2.45, 2.75) is 51.7 Å². The maximum atomic E-state index is 13.1. The summed E-state index contributed by atoms with van der Waals surface area (Å²) in [5.74, 6) is -0.122. The minimum Gasteiger partial charge on any atom is -0.444 e. The summed E-state index contributed by atoms with van der Waals surface area (Å²) in [5, 5.41) is 10.3. The number of aryl methyl sites for hydroxylation is 2. The Morgan fingerprint density at radius 2 is 1.91 bits per heavy atom. The molecule has 1 heterocycles. The van der Waals surface area contributed by atoms with Gasteiger partial charge in [0.15, 0.2) is 0 Å². The van der Waals surface area contributed by atoms with Crippen LogP contribution in [0, 0.1) is 0 Å². The van der Waals surface area contributed by atoms with E-state index in [9.17, 15) is 9.59 Å². The van der Waals surface area contributed by atoms with E-state index in [1.165, 1.54) is 0 Å². The monoisotopic (exact) mass is 446 g/mol. The molecule has 0 spiro atoms. The summed E-state index contributed by atoms with van der Waals surface area (Å²) < 4.78 is 7.09. The van der Waals surface area contributed by atoms with Crippen molar-refractivity contribution in [2.75, 3.05) is 5.32 Å². The molecular weight excluding hydrogens is 416 g/mol. The lowest BCUT2D eigenvalue weighted by Crippen LogP contribution is -2.28. The summed E-state index contributed by atoms with van der Waals surface area (Å²) in [5.41, 5.74) is 4.93. The van der Waals surface area contributed by atoms with Crippen LogP contribution in [-0.4, -0.2) is 27.4 Å². The van der Waals surface area contributed by atoms with Gasteiger partial charge in [0.2, 0.25) is 0 Å². The van der Waals surface area contributed by atoms with Gasteiger partial charge >= 0.3 is 6.09 Å². The van der Waals surface area contributed by atoms with Crippen molar-refractivity contribution in [3.63, 3.8) is 0 Å². The van der Waals surface area contributed by atoms with E-state index >= 15 is 0 Å². The molecule has 2 amide bonds. The summed E-state index contributed by atoms with van der Waals surface area (Å²) in [7, 11) is 1.86. The molecule has 0 saturated heterocycles. The summed E-state index contributed by atoms with van der Waals surface area (Å²) in [4.78, 5) is 25.2. The highest BCUT2D eigenvalue weighted by Crippen LogP contribution is 2.33. The average Bonchev–Trinajstić information content (AvgIpc) is 3.31. The third-order valence-corrected chi connectivity index (χ3v) is 5.69. The second kappa shape index (κ2) is 9.10. The Labute approximate surface area is 194 Å². The van der Waals surface area contributed by atoms with Gasteiger partial charge in [0.25, 0.3) is 5.91 Å². The summed E-state index contributed by atoms with van der Waals surface area (Å²) in [6.45, 7) is 5.49. The van der Waals surface area contributed by atoms with E-state index < -0.39 is 11.7 Å². The number of ether oxygens (including phenoxy) is 1. The highest BCUT2D eigenvalue weighted by molar-refractivity contribution is 5.95. The number of hydrogen-bond acceptors (Lipinski definition) is 4. The summed E-state index contributed by atoms with van der Waals surface area (Å²) in [6, 6.07) is 15.7. The fourth-order valence-corrected chi connectivity index (χ4v) is 4.15. The van der Waals surface area contributed by atoms with E-state index in [-0.39, 0.29) is 11.9 Å². The van der Waals surface area contributed by atoms with Gasteiger partial charge in [-0.3, -0.25) is 14.8 Å². The van der Waals surface area contributed by atoms with E-state index in [0.717, 1.165) is 35.2 Å². The molecule has 1 aromatic heterocycles. The predicted molar refractivity (Wildman–Crippen MR) is 127 cm³/mol. The van der Waals surface area contributed by atoms with Gasteiger partial charge < -0.3 is 10.1 Å². The number of fused-ring (bicyclic) bond motifs is 1. The molecule has 0 fully saturated rings. The summed E-state index contributed by atoms with van der Waals surface area (Å²) >= 11 is 0. The van der Waals surface area contributed by atoms with Gasteiger partial charge in [0, 0.05) is 19.2 Å². The first-order valence-corrected chi connectivity index (χ1v) is 11.2. The van der Waals surface area contributed by atoms with Crippen LogP contribution in [0.5, 0.6) is 0 Å². The fraction of sp³-hybridized carbons (Fsp3) is 0.346. The molecule has 4 rings (SSSR count). The van der Waals surface area contributed by atoms with Crippen LogP contribution in [0.15, 0.2) is 54.7 Å². The number of nitrogens with zero attached hydrogens (tertiary/aromatic N) is 2. The zero-order chi connectivity index (χ0) is 23.6. The van der Waals surface area contributed by atoms with Crippen molar-refractivity contribution >= 4 is 17.7 Å². The maximum Gasteiger partial charge on any atom is 0.412 e. The van der Waals surface area contributed by atoms with Crippen molar-refractivity contribution in [2.24, 2.45) is 7.05 Å². The van der Waals surface area contributed by atoms with Crippen molar-refractivity contribution in [1.29, 1.82) is 0 Å². The number of amides is 2. The quantitative estimate of drug-likeness (QED) is 0.591. The van der Waals surface area contributed by atoms with E-state index in [1.807, 2.05) is 76.3 Å². The van der Waals surface area contributed by atoms with Crippen molar-refractivity contribution in [1.82, 2.24) is 15.1 Å². The number of anilines is 1. The number of hydrogen-bond donors (Lipinski definition) is 2. The Balaban J connectivity index is 1.45. The Hall–Kier alpha value is -3.61. The molecular formula is C26H30N4O3. The van der Waals surface area contributed by atoms with Gasteiger partial charge in [-0.05, 0) is 62.4 Å². The molecule has 2 N–H and O–H groups in total. The van der Waals surface area contributed by atoms with Crippen molar-refractivity contribution in [3.8, 4) is 0 Å². The van der Waals surface area contributed by atoms with Crippen LogP contribution < -0.4 is 10.6 Å². The highest BCUT2D eigenvalue weighted by atomic mass is 16.6. The predicted octanol–water partition coefficient (Wildman–Crippen LogP) is 4.78. The first-order valence-electron chi connectivity index (χ1n) is 11.2. The van der Waals surface area contributed by atoms with Crippen LogP contribution in [0.4, 0.5) is 10.5 Å². The number of nitrogens with one attached hydrogen (secondary N) is 2. The van der Waals surface area contributed by atoms with E-state index in [1.54, 1.807) is 10.9 Å². The molecule has 1 aliphatic rings. The van der Waals surface area contributed by atoms with Gasteiger partial charge in [-0.15, -0.1) is 0 Å². The molecule has 33 heavy (non-hydrogen) atoms. The second-order valence-corrected chi connectivity index (χ2v) is 9.40. The van der Waals surface area contributed by atoms with Crippen LogP contribution in [0.3, 0.4) is 0 Å². The van der Waals surface area contributed by atoms with Crippen LogP contribution in [0.2, 0.25) is 0 Å². The van der Waals surface area contributed by atoms with E-state index in [2.05, 4.69) is 15.7 Å². The lowest BCUT2D eigenvalue weighted by Gasteiger charge is -2.20. The first kappa shape index (κ1) is 22.6. The minimum absolute atomic E-state index is 0.0761. The van der Waals surface area contributed by atoms with Crippen LogP contribution in [0.25, 0.3) is 0 Å². The van der Waals surface area contributed by atoms with E-state index in [0.29, 0.717) is 17.7 Å². The Kier molecular flexibility index (Phi) is 6.22. The Morgan fingerprint density at radius 3 is 2.64 bits per heavy atom. The zero-order valence-corrected chi connectivity index (χ0v) is 19.5. The lowest BCUT2D eigenvalue weighted by atomic mass is 10.0. The average molecular weight is 447 g/mol. The third-order valence-electron chi connectivity index (χ3n) is 5.69. The number of carbonyl (C=O) groups excluding carboxylic acids is 2. The Bertz CT molecular complexity index is 1160. The molecule has 0 bridgehead atoms. The second-order valence-electron chi connectivity index (χ2n) is 9.40. The SMILES string of the molecule is Cn1ncc(C(=O)NC2CCc3cc(NC(=O)OC(C)(C)C)ccc32)c1Cc1ccccc1. The molecule has 7 heteroatoms. The fourth-order valence-electron chi connectivity index (χ4n) is 4.15. The van der Waals surface area contributed by atoms with Crippen LogP contribution >= 0.6 is 0 Å². The van der Waals surface area contributed by atoms with Crippen molar-refractivity contribution in [3.05, 3.63) is 82.7 Å². The van der Waals surface area contributed by atoms with Gasteiger partial charge in [-0.1, -0.05) is 36.4 Å². The standard InChI is InChI=1S/C26H30N4O3/c1-26(2,3)33-25(32)28-19-11-12-20-18(15-19)10-13-22(20)29-24(31)21-16-27-30(4)23(21)14-17-8-6-5-7-9-17/h5-9,11-12,15-16,22H,10,13-14H2,1-4H3,(H,28,32)(H,29,31). The molecule has 1 aliphatic carbocycles. The van der Waals surface area contributed by atoms with Crippen LogP contribution in [-0.2, 0) is 24.6 Å². The molecule has 0 radical (unpaired) electrons. The molecule has 1 atom stereocenters. The summed E-state index contributed by atoms with van der Waals surface area (Å²) in [6.07, 6.45) is 3.44. The molecule has 0 saturated carbocycles. The minimum atomic E-state index is -0.554. The molecule has 1 unspecified atom stereocenters. The Morgan fingerprint density at radius 1 is 1.15 bits per heavy atom. The lowest BCUT2D eigenvalue weighted by molar-refractivity contribution is 0.0635. The largest absolute Gasteiger partial charge is 0.444 e. The number of carbonyl (C=O) groups is 2. The number of rotatable bonds is 5. The topological polar surface area (TPSA) is 85.3 Å². The van der Waals surface area contributed by atoms with E-state index in [4.69, 9.17) is 4.74 Å². The smallest absolute Gasteiger partial charge is 0.412 e. The van der Waals surface area contributed by atoms with Crippen molar-refractivity contribution < 1.29 is 14.3 Å².